The molecule has 60 valence electrons. The smallest absolute Gasteiger partial charge is 0.375 e. The summed E-state index contributed by atoms with van der Waals surface area (Å²) in [4.78, 5) is 19.2. The van der Waals surface area contributed by atoms with E-state index in [-0.39, 0.29) is 0 Å². The molecular formula is C3H8NO4PS. The van der Waals surface area contributed by atoms with Gasteiger partial charge in [0.2, 0.25) is 0 Å². The lowest BCUT2D eigenvalue weighted by atomic mass is 11.1. The SMILES string of the molecule is CNC(=O)OP(O)(=S)OC. The number of amides is 1. The van der Waals surface area contributed by atoms with Gasteiger partial charge in [0.25, 0.3) is 0 Å². The van der Waals surface area contributed by atoms with Crippen molar-refractivity contribution in [3.8, 4) is 0 Å². The van der Waals surface area contributed by atoms with Crippen LogP contribution in [-0.2, 0) is 20.9 Å². The first-order chi connectivity index (χ1) is 4.52. The molecule has 0 saturated carbocycles. The predicted molar refractivity (Wildman–Crippen MR) is 39.1 cm³/mol. The third kappa shape index (κ3) is 3.79. The van der Waals surface area contributed by atoms with E-state index < -0.39 is 12.8 Å². The molecule has 0 aliphatic heterocycles. The largest absolute Gasteiger partial charge is 0.413 e. The summed E-state index contributed by atoms with van der Waals surface area (Å²) in [6.45, 7) is -3.32. The monoisotopic (exact) mass is 185 g/mol. The highest BCUT2D eigenvalue weighted by Crippen LogP contribution is 2.42. The Morgan fingerprint density at radius 3 is 2.60 bits per heavy atom. The Balaban J connectivity index is 3.89. The standard InChI is InChI=1S/C3H8NO4PS/c1-4-3(5)8-9(6,10)7-2/h1-2H3,(H,4,5)(H,6,10). The van der Waals surface area contributed by atoms with Crippen molar-refractivity contribution in [1.82, 2.24) is 5.32 Å². The molecular weight excluding hydrogens is 177 g/mol. The maximum Gasteiger partial charge on any atom is 0.413 e. The van der Waals surface area contributed by atoms with Crippen LogP contribution in [0.3, 0.4) is 0 Å². The average molecular weight is 185 g/mol. The zero-order valence-electron chi connectivity index (χ0n) is 5.53. The van der Waals surface area contributed by atoms with E-state index >= 15 is 0 Å². The molecule has 0 aliphatic rings. The van der Waals surface area contributed by atoms with Crippen LogP contribution in [0, 0.1) is 0 Å². The molecule has 0 aromatic carbocycles. The summed E-state index contributed by atoms with van der Waals surface area (Å²) >= 11 is 4.35. The van der Waals surface area contributed by atoms with Crippen LogP contribution >= 0.6 is 6.72 Å². The Labute approximate surface area is 63.6 Å². The molecule has 1 atom stereocenters. The molecule has 0 aromatic rings. The molecule has 0 fully saturated rings. The van der Waals surface area contributed by atoms with Crippen LogP contribution in [0.5, 0.6) is 0 Å². The summed E-state index contributed by atoms with van der Waals surface area (Å²) in [6, 6.07) is 0. The Morgan fingerprint density at radius 1 is 1.80 bits per heavy atom. The van der Waals surface area contributed by atoms with Gasteiger partial charge in [0, 0.05) is 26.0 Å². The summed E-state index contributed by atoms with van der Waals surface area (Å²) in [6.07, 6.45) is -0.798. The number of rotatable bonds is 2. The summed E-state index contributed by atoms with van der Waals surface area (Å²) in [5.74, 6) is 0. The van der Waals surface area contributed by atoms with Gasteiger partial charge in [-0.05, 0) is 0 Å². The molecule has 0 saturated heterocycles. The van der Waals surface area contributed by atoms with Gasteiger partial charge in [-0.15, -0.1) is 0 Å². The second-order valence-electron chi connectivity index (χ2n) is 1.28. The van der Waals surface area contributed by atoms with Gasteiger partial charge in [-0.25, -0.2) is 4.79 Å². The summed E-state index contributed by atoms with van der Waals surface area (Å²) in [7, 11) is 2.52. The molecule has 2 N–H and O–H groups in total. The third-order valence-corrected chi connectivity index (χ3v) is 2.16. The molecule has 7 heteroatoms. The molecule has 10 heavy (non-hydrogen) atoms. The van der Waals surface area contributed by atoms with Gasteiger partial charge in [-0.3, -0.25) is 0 Å². The van der Waals surface area contributed by atoms with Crippen molar-refractivity contribution in [2.75, 3.05) is 14.2 Å². The third-order valence-electron chi connectivity index (χ3n) is 0.633. The molecule has 0 radical (unpaired) electrons. The van der Waals surface area contributed by atoms with Crippen molar-refractivity contribution in [3.63, 3.8) is 0 Å². The van der Waals surface area contributed by atoms with Gasteiger partial charge in [0.1, 0.15) is 0 Å². The van der Waals surface area contributed by atoms with E-state index in [1.54, 1.807) is 0 Å². The van der Waals surface area contributed by atoms with E-state index in [1.165, 1.54) is 14.2 Å². The van der Waals surface area contributed by atoms with Crippen molar-refractivity contribution in [2.45, 2.75) is 0 Å². The number of carbonyl (C=O) groups is 1. The van der Waals surface area contributed by atoms with Gasteiger partial charge >= 0.3 is 12.8 Å². The number of hydrogen-bond acceptors (Lipinski definition) is 4. The number of hydrogen-bond donors (Lipinski definition) is 2. The van der Waals surface area contributed by atoms with Gasteiger partial charge in [-0.2, -0.15) is 0 Å². The minimum absolute atomic E-state index is 0.798. The van der Waals surface area contributed by atoms with Gasteiger partial charge in [0.15, 0.2) is 0 Å². The fourth-order valence-electron chi connectivity index (χ4n) is 0.188. The Morgan fingerprint density at radius 2 is 2.30 bits per heavy atom. The van der Waals surface area contributed by atoms with Gasteiger partial charge < -0.3 is 19.3 Å². The maximum absolute atomic E-state index is 10.4. The zero-order valence-corrected chi connectivity index (χ0v) is 7.24. The van der Waals surface area contributed by atoms with Crippen molar-refractivity contribution in [1.29, 1.82) is 0 Å². The normalized spacial score (nSPS) is 15.5. The molecule has 0 aliphatic carbocycles. The first kappa shape index (κ1) is 9.84. The Bertz CT molecular complexity index is 172. The lowest BCUT2D eigenvalue weighted by Gasteiger charge is -2.10. The number of nitrogens with one attached hydrogen (secondary N) is 1. The van der Waals surface area contributed by atoms with Crippen molar-refractivity contribution in [2.24, 2.45) is 0 Å². The highest BCUT2D eigenvalue weighted by molar-refractivity contribution is 8.07. The first-order valence-corrected chi connectivity index (χ1v) is 4.91. The quantitative estimate of drug-likeness (QED) is 0.602. The van der Waals surface area contributed by atoms with Crippen molar-refractivity contribution in [3.05, 3.63) is 0 Å². The fraction of sp³-hybridized carbons (Fsp3) is 0.667. The molecule has 1 amide bonds. The lowest BCUT2D eigenvalue weighted by Crippen LogP contribution is -2.17. The Kier molecular flexibility index (Phi) is 3.81. The molecule has 0 spiro atoms. The minimum atomic E-state index is -3.32. The van der Waals surface area contributed by atoms with Crippen LogP contribution in [0.2, 0.25) is 0 Å². The van der Waals surface area contributed by atoms with E-state index in [1.807, 2.05) is 0 Å². The van der Waals surface area contributed by atoms with Crippen LogP contribution < -0.4 is 5.32 Å². The van der Waals surface area contributed by atoms with Crippen LogP contribution in [0.1, 0.15) is 0 Å². The summed E-state index contributed by atoms with van der Waals surface area (Å²) in [5, 5.41) is 2.12. The van der Waals surface area contributed by atoms with Crippen LogP contribution in [0.15, 0.2) is 0 Å². The molecule has 0 heterocycles. The van der Waals surface area contributed by atoms with E-state index in [2.05, 4.69) is 26.2 Å². The fourth-order valence-corrected chi connectivity index (χ4v) is 0.766. The predicted octanol–water partition coefficient (Wildman–Crippen LogP) is 0.206. The molecule has 5 nitrogen and oxygen atoms in total. The molecule has 0 bridgehead atoms. The van der Waals surface area contributed by atoms with Gasteiger partial charge in [0.05, 0.1) is 0 Å². The van der Waals surface area contributed by atoms with E-state index in [0.717, 1.165) is 0 Å². The van der Waals surface area contributed by atoms with Crippen molar-refractivity contribution < 1.29 is 18.7 Å². The van der Waals surface area contributed by atoms with Crippen LogP contribution in [0.4, 0.5) is 4.79 Å². The molecule has 0 aromatic heterocycles. The zero-order chi connectivity index (χ0) is 8.20. The second kappa shape index (κ2) is 3.88. The highest BCUT2D eigenvalue weighted by Gasteiger charge is 2.16. The first-order valence-electron chi connectivity index (χ1n) is 2.31. The number of carbonyl (C=O) groups excluding carboxylic acids is 1. The second-order valence-corrected chi connectivity index (χ2v) is 4.15. The maximum atomic E-state index is 10.4. The lowest BCUT2D eigenvalue weighted by molar-refractivity contribution is 0.188. The van der Waals surface area contributed by atoms with E-state index in [0.29, 0.717) is 0 Å². The van der Waals surface area contributed by atoms with Gasteiger partial charge in [-0.1, -0.05) is 0 Å². The summed E-state index contributed by atoms with van der Waals surface area (Å²) in [5.41, 5.74) is 0. The summed E-state index contributed by atoms with van der Waals surface area (Å²) < 4.78 is 8.55. The topological polar surface area (TPSA) is 67.8 Å². The van der Waals surface area contributed by atoms with E-state index in [9.17, 15) is 4.79 Å². The van der Waals surface area contributed by atoms with Crippen LogP contribution in [-0.4, -0.2) is 25.1 Å². The Hall–Kier alpha value is -0.160. The molecule has 1 unspecified atom stereocenters. The van der Waals surface area contributed by atoms with E-state index in [4.69, 9.17) is 4.89 Å². The van der Waals surface area contributed by atoms with Crippen LogP contribution in [0.25, 0.3) is 0 Å². The molecule has 0 rings (SSSR count). The average Bonchev–Trinajstić information content (AvgIpc) is 1.87. The van der Waals surface area contributed by atoms with Crippen molar-refractivity contribution >= 4 is 24.6 Å². The minimum Gasteiger partial charge on any atom is -0.375 e. The highest BCUT2D eigenvalue weighted by atomic mass is 32.5.